The Kier molecular flexibility index (Phi) is 12.7. The van der Waals surface area contributed by atoms with Gasteiger partial charge in [0, 0.05) is 6.07 Å². The van der Waals surface area contributed by atoms with Crippen LogP contribution in [0.15, 0.2) is 47.4 Å². The van der Waals surface area contributed by atoms with E-state index >= 15 is 0 Å². The molecule has 0 radical (unpaired) electrons. The van der Waals surface area contributed by atoms with Gasteiger partial charge in [-0.15, -0.1) is 5.75 Å². The van der Waals surface area contributed by atoms with E-state index in [1.54, 1.807) is 12.1 Å². The maximum absolute atomic E-state index is 11.8. The van der Waals surface area contributed by atoms with Crippen molar-refractivity contribution < 1.29 is 74.2 Å². The number of hydrogen-bond acceptors (Lipinski definition) is 4. The Morgan fingerprint density at radius 2 is 1.41 bits per heavy atom. The van der Waals surface area contributed by atoms with Gasteiger partial charge in [0.25, 0.3) is 10.1 Å². The van der Waals surface area contributed by atoms with Crippen molar-refractivity contribution in [2.24, 2.45) is 0 Å². The second kappa shape index (κ2) is 13.8. The van der Waals surface area contributed by atoms with Gasteiger partial charge in [0.2, 0.25) is 0 Å². The van der Waals surface area contributed by atoms with Gasteiger partial charge in [-0.1, -0.05) is 70.1 Å². The molecule has 0 atom stereocenters. The minimum Gasteiger partial charge on any atom is -0.872 e. The predicted molar refractivity (Wildman–Crippen MR) is 109 cm³/mol. The molecule has 0 aliphatic carbocycles. The van der Waals surface area contributed by atoms with Crippen molar-refractivity contribution in [3.8, 4) is 17.2 Å². The maximum Gasteiger partial charge on any atom is 1.00 e. The van der Waals surface area contributed by atoms with Crippen LogP contribution in [-0.4, -0.2) is 13.0 Å². The van der Waals surface area contributed by atoms with E-state index in [-0.39, 0.29) is 62.0 Å². The molecule has 1 N–H and O–H groups in total. The Labute approximate surface area is 217 Å². The minimum absolute atomic E-state index is 0. The van der Waals surface area contributed by atoms with Crippen molar-refractivity contribution in [1.82, 2.24) is 0 Å². The van der Waals surface area contributed by atoms with E-state index in [1.807, 2.05) is 0 Å². The Bertz CT molecular complexity index is 835. The zero-order valence-electron chi connectivity index (χ0n) is 17.4. The SMILES string of the molecule is CCCCCCCCCCc1ccc(Oc2ccc([O-])cc2)cc1S(=O)(=O)O.[K+]. The van der Waals surface area contributed by atoms with Crippen molar-refractivity contribution in [2.45, 2.75) is 69.6 Å². The van der Waals surface area contributed by atoms with Gasteiger partial charge in [-0.25, -0.2) is 0 Å². The second-order valence-electron chi connectivity index (χ2n) is 7.04. The Morgan fingerprint density at radius 1 is 0.862 bits per heavy atom. The average molecular weight is 445 g/mol. The van der Waals surface area contributed by atoms with Crippen LogP contribution in [0.5, 0.6) is 17.2 Å². The summed E-state index contributed by atoms with van der Waals surface area (Å²) in [6.07, 6.45) is 9.91. The third-order valence-electron chi connectivity index (χ3n) is 4.68. The molecular weight excluding hydrogens is 415 g/mol. The smallest absolute Gasteiger partial charge is 0.872 e. The number of rotatable bonds is 12. The molecule has 2 rings (SSSR count). The fourth-order valence-electron chi connectivity index (χ4n) is 3.14. The van der Waals surface area contributed by atoms with Crippen LogP contribution in [0.4, 0.5) is 0 Å². The molecule has 0 aliphatic heterocycles. The summed E-state index contributed by atoms with van der Waals surface area (Å²) < 4.78 is 38.8. The van der Waals surface area contributed by atoms with Gasteiger partial charge in [-0.3, -0.25) is 4.55 Å². The molecule has 0 saturated carbocycles. The normalized spacial score (nSPS) is 11.1. The number of ether oxygens (including phenoxy) is 1. The summed E-state index contributed by atoms with van der Waals surface area (Å²) in [7, 11) is -4.34. The van der Waals surface area contributed by atoms with E-state index in [2.05, 4.69) is 6.92 Å². The summed E-state index contributed by atoms with van der Waals surface area (Å²) in [6.45, 7) is 2.20. The van der Waals surface area contributed by atoms with Crippen molar-refractivity contribution in [3.05, 3.63) is 48.0 Å². The fourth-order valence-corrected chi connectivity index (χ4v) is 3.90. The Balaban J connectivity index is 0.00000420. The number of hydrogen-bond donors (Lipinski definition) is 1. The van der Waals surface area contributed by atoms with E-state index in [0.29, 0.717) is 23.5 Å². The molecule has 0 aromatic heterocycles. The average Bonchev–Trinajstić information content (AvgIpc) is 2.66. The molecule has 154 valence electrons. The summed E-state index contributed by atoms with van der Waals surface area (Å²) in [5.41, 5.74) is 0.593. The van der Waals surface area contributed by atoms with Gasteiger partial charge < -0.3 is 9.84 Å². The Morgan fingerprint density at radius 3 is 2.00 bits per heavy atom. The summed E-state index contributed by atoms with van der Waals surface area (Å²) in [4.78, 5) is -0.117. The van der Waals surface area contributed by atoms with Crippen LogP contribution < -0.4 is 61.2 Å². The summed E-state index contributed by atoms with van der Waals surface area (Å²) in [5.74, 6) is 0.592. The number of unbranched alkanes of at least 4 members (excludes halogenated alkanes) is 7. The van der Waals surface area contributed by atoms with Gasteiger partial charge in [-0.2, -0.15) is 8.42 Å². The molecule has 29 heavy (non-hydrogen) atoms. The van der Waals surface area contributed by atoms with Crippen LogP contribution in [0.3, 0.4) is 0 Å². The van der Waals surface area contributed by atoms with Crippen LogP contribution in [0, 0.1) is 0 Å². The molecular formula is C22H29KO5S. The Hall–Kier alpha value is -0.414. The summed E-state index contributed by atoms with van der Waals surface area (Å²) >= 11 is 0. The first-order valence-corrected chi connectivity index (χ1v) is 11.4. The number of aryl methyl sites for hydroxylation is 1. The zero-order chi connectivity index (χ0) is 20.4. The van der Waals surface area contributed by atoms with Crippen LogP contribution in [-0.2, 0) is 16.5 Å². The molecule has 7 heteroatoms. The van der Waals surface area contributed by atoms with E-state index in [1.165, 1.54) is 62.4 Å². The van der Waals surface area contributed by atoms with Crippen molar-refractivity contribution in [2.75, 3.05) is 0 Å². The molecule has 2 aromatic carbocycles. The maximum atomic E-state index is 11.8. The van der Waals surface area contributed by atoms with E-state index in [4.69, 9.17) is 4.74 Å². The summed E-state index contributed by atoms with van der Waals surface area (Å²) in [5, 5.41) is 11.1. The zero-order valence-corrected chi connectivity index (χ0v) is 21.3. The molecule has 0 heterocycles. The first-order valence-electron chi connectivity index (χ1n) is 9.95. The topological polar surface area (TPSA) is 86.7 Å². The molecule has 2 aromatic rings. The van der Waals surface area contributed by atoms with E-state index in [0.717, 1.165) is 19.3 Å². The van der Waals surface area contributed by atoms with Crippen LogP contribution in [0.1, 0.15) is 63.9 Å². The molecule has 0 amide bonds. The van der Waals surface area contributed by atoms with Crippen LogP contribution >= 0.6 is 0 Å². The minimum atomic E-state index is -4.34. The van der Waals surface area contributed by atoms with Gasteiger partial charge in [0.05, 0.1) is 0 Å². The molecule has 0 spiro atoms. The molecule has 0 aliphatic rings. The van der Waals surface area contributed by atoms with Crippen LogP contribution in [0.25, 0.3) is 0 Å². The largest absolute Gasteiger partial charge is 1.00 e. The summed E-state index contributed by atoms with van der Waals surface area (Å²) in [6, 6.07) is 10.5. The first kappa shape index (κ1) is 26.6. The van der Waals surface area contributed by atoms with Crippen molar-refractivity contribution in [1.29, 1.82) is 0 Å². The van der Waals surface area contributed by atoms with Gasteiger partial charge >= 0.3 is 51.4 Å². The number of benzene rings is 2. The molecule has 0 fully saturated rings. The van der Waals surface area contributed by atoms with E-state index in [9.17, 15) is 18.1 Å². The second-order valence-corrected chi connectivity index (χ2v) is 8.43. The third kappa shape index (κ3) is 9.96. The fraction of sp³-hybridized carbons (Fsp3) is 0.455. The van der Waals surface area contributed by atoms with Gasteiger partial charge in [-0.05, 0) is 36.6 Å². The van der Waals surface area contributed by atoms with Crippen molar-refractivity contribution >= 4 is 10.1 Å². The van der Waals surface area contributed by atoms with E-state index < -0.39 is 10.1 Å². The molecule has 0 bridgehead atoms. The van der Waals surface area contributed by atoms with Gasteiger partial charge in [0.1, 0.15) is 16.4 Å². The molecule has 0 saturated heterocycles. The molecule has 5 nitrogen and oxygen atoms in total. The van der Waals surface area contributed by atoms with Crippen LogP contribution in [0.2, 0.25) is 0 Å². The van der Waals surface area contributed by atoms with Gasteiger partial charge in [0.15, 0.2) is 0 Å². The molecule has 0 unspecified atom stereocenters. The van der Waals surface area contributed by atoms with Crippen molar-refractivity contribution in [3.63, 3.8) is 0 Å². The first-order chi connectivity index (χ1) is 13.4. The third-order valence-corrected chi connectivity index (χ3v) is 5.61. The standard InChI is InChI=1S/C22H30O5S.K/c1-2-3-4-5-6-7-8-9-10-18-11-14-21(17-22(18)28(24,25)26)27-20-15-12-19(23)13-16-20;/h11-17,23H,2-10H2,1H3,(H,24,25,26);/q;+1/p-1. The predicted octanol–water partition coefficient (Wildman–Crippen LogP) is 2.49. The quantitative estimate of drug-likeness (QED) is 0.309. The monoisotopic (exact) mass is 444 g/mol.